The second-order valence-corrected chi connectivity index (χ2v) is 5.74. The van der Waals surface area contributed by atoms with Crippen molar-refractivity contribution < 1.29 is 9.53 Å². The highest BCUT2D eigenvalue weighted by Crippen LogP contribution is 2.23. The SMILES string of the molecule is CCCOc1ccc(NC(=O)c2cc(Cl)ccc2Br)cc1. The van der Waals surface area contributed by atoms with Crippen molar-refractivity contribution in [2.24, 2.45) is 0 Å². The molecule has 0 aliphatic heterocycles. The molecule has 2 aromatic carbocycles. The minimum atomic E-state index is -0.216. The molecule has 2 aromatic rings. The Morgan fingerprint density at radius 2 is 1.95 bits per heavy atom. The minimum Gasteiger partial charge on any atom is -0.494 e. The second kappa shape index (κ2) is 7.48. The number of rotatable bonds is 5. The number of hydrogen-bond acceptors (Lipinski definition) is 2. The van der Waals surface area contributed by atoms with Crippen LogP contribution in [0.25, 0.3) is 0 Å². The molecule has 0 aliphatic carbocycles. The quantitative estimate of drug-likeness (QED) is 0.793. The molecular formula is C16H15BrClNO2. The number of amides is 1. The molecule has 0 unspecified atom stereocenters. The smallest absolute Gasteiger partial charge is 0.256 e. The van der Waals surface area contributed by atoms with Crippen molar-refractivity contribution >= 4 is 39.1 Å². The van der Waals surface area contributed by atoms with E-state index < -0.39 is 0 Å². The Kier molecular flexibility index (Phi) is 5.65. The molecule has 0 fully saturated rings. The summed E-state index contributed by atoms with van der Waals surface area (Å²) in [6.45, 7) is 2.73. The van der Waals surface area contributed by atoms with Crippen LogP contribution in [-0.2, 0) is 0 Å². The number of nitrogens with one attached hydrogen (secondary N) is 1. The molecule has 0 spiro atoms. The average Bonchev–Trinajstić information content (AvgIpc) is 2.49. The van der Waals surface area contributed by atoms with Gasteiger partial charge in [-0.05, 0) is 64.8 Å². The Hall–Kier alpha value is -1.52. The minimum absolute atomic E-state index is 0.216. The lowest BCUT2D eigenvalue weighted by atomic mass is 10.2. The molecule has 0 aliphatic rings. The van der Waals surface area contributed by atoms with E-state index in [0.717, 1.165) is 12.2 Å². The van der Waals surface area contributed by atoms with E-state index in [1.807, 2.05) is 12.1 Å². The number of halogens is 2. The topological polar surface area (TPSA) is 38.3 Å². The van der Waals surface area contributed by atoms with Gasteiger partial charge in [0.2, 0.25) is 0 Å². The standard InChI is InChI=1S/C16H15BrClNO2/c1-2-9-21-13-6-4-12(5-7-13)19-16(20)14-10-11(18)3-8-15(14)17/h3-8,10H,2,9H2,1H3,(H,19,20). The summed E-state index contributed by atoms with van der Waals surface area (Å²) in [6, 6.07) is 12.4. The van der Waals surface area contributed by atoms with Crippen LogP contribution in [0.5, 0.6) is 5.75 Å². The van der Waals surface area contributed by atoms with Gasteiger partial charge in [-0.2, -0.15) is 0 Å². The molecule has 5 heteroatoms. The van der Waals surface area contributed by atoms with Gasteiger partial charge in [-0.3, -0.25) is 4.79 Å². The highest BCUT2D eigenvalue weighted by Gasteiger charge is 2.11. The molecule has 21 heavy (non-hydrogen) atoms. The molecule has 0 atom stereocenters. The van der Waals surface area contributed by atoms with Gasteiger partial charge in [0, 0.05) is 15.2 Å². The summed E-state index contributed by atoms with van der Waals surface area (Å²) < 4.78 is 6.20. The molecule has 1 N–H and O–H groups in total. The van der Waals surface area contributed by atoms with E-state index in [1.54, 1.807) is 30.3 Å². The van der Waals surface area contributed by atoms with E-state index in [9.17, 15) is 4.79 Å². The van der Waals surface area contributed by atoms with E-state index >= 15 is 0 Å². The summed E-state index contributed by atoms with van der Waals surface area (Å²) in [5, 5.41) is 3.35. The summed E-state index contributed by atoms with van der Waals surface area (Å²) in [4.78, 5) is 12.2. The van der Waals surface area contributed by atoms with Crippen LogP contribution in [0.1, 0.15) is 23.7 Å². The third-order valence-corrected chi connectivity index (χ3v) is 3.68. The van der Waals surface area contributed by atoms with Crippen LogP contribution < -0.4 is 10.1 Å². The molecule has 0 saturated carbocycles. The van der Waals surface area contributed by atoms with Gasteiger partial charge in [0.05, 0.1) is 12.2 Å². The molecule has 110 valence electrons. The van der Waals surface area contributed by atoms with E-state index in [0.29, 0.717) is 27.4 Å². The lowest BCUT2D eigenvalue weighted by molar-refractivity contribution is 0.102. The second-order valence-electron chi connectivity index (χ2n) is 4.45. The fourth-order valence-electron chi connectivity index (χ4n) is 1.72. The van der Waals surface area contributed by atoms with Crippen molar-refractivity contribution in [1.82, 2.24) is 0 Å². The highest BCUT2D eigenvalue weighted by atomic mass is 79.9. The fraction of sp³-hybridized carbons (Fsp3) is 0.188. The van der Waals surface area contributed by atoms with Gasteiger partial charge in [-0.25, -0.2) is 0 Å². The van der Waals surface area contributed by atoms with Crippen LogP contribution >= 0.6 is 27.5 Å². The third-order valence-electron chi connectivity index (χ3n) is 2.76. The van der Waals surface area contributed by atoms with Gasteiger partial charge in [-0.15, -0.1) is 0 Å². The first-order chi connectivity index (χ1) is 10.1. The maximum atomic E-state index is 12.2. The Balaban J connectivity index is 2.07. The van der Waals surface area contributed by atoms with Crippen LogP contribution in [0.3, 0.4) is 0 Å². The van der Waals surface area contributed by atoms with Crippen LogP contribution in [0.15, 0.2) is 46.9 Å². The van der Waals surface area contributed by atoms with E-state index in [-0.39, 0.29) is 5.91 Å². The van der Waals surface area contributed by atoms with Gasteiger partial charge in [0.15, 0.2) is 0 Å². The molecule has 0 heterocycles. The normalized spacial score (nSPS) is 10.2. The summed E-state index contributed by atoms with van der Waals surface area (Å²) in [5.41, 5.74) is 1.20. The van der Waals surface area contributed by atoms with Gasteiger partial charge in [0.1, 0.15) is 5.75 Å². The first-order valence-corrected chi connectivity index (χ1v) is 7.76. The van der Waals surface area contributed by atoms with E-state index in [4.69, 9.17) is 16.3 Å². The summed E-state index contributed by atoms with van der Waals surface area (Å²) in [6.07, 6.45) is 0.960. The van der Waals surface area contributed by atoms with Crippen molar-refractivity contribution in [2.75, 3.05) is 11.9 Å². The van der Waals surface area contributed by atoms with Gasteiger partial charge in [0.25, 0.3) is 5.91 Å². The van der Waals surface area contributed by atoms with Crippen molar-refractivity contribution in [2.45, 2.75) is 13.3 Å². The first kappa shape index (κ1) is 15.9. The zero-order chi connectivity index (χ0) is 15.2. The zero-order valence-corrected chi connectivity index (χ0v) is 13.9. The van der Waals surface area contributed by atoms with Gasteiger partial charge >= 0.3 is 0 Å². The van der Waals surface area contributed by atoms with Crippen LogP contribution in [-0.4, -0.2) is 12.5 Å². The Labute approximate surface area is 137 Å². The number of carbonyl (C=O) groups is 1. The summed E-state index contributed by atoms with van der Waals surface area (Å²) in [5.74, 6) is 0.574. The molecule has 0 radical (unpaired) electrons. The van der Waals surface area contributed by atoms with Crippen molar-refractivity contribution in [1.29, 1.82) is 0 Å². The monoisotopic (exact) mass is 367 g/mol. The van der Waals surface area contributed by atoms with Gasteiger partial charge in [-0.1, -0.05) is 18.5 Å². The maximum absolute atomic E-state index is 12.2. The van der Waals surface area contributed by atoms with Crippen molar-refractivity contribution in [3.05, 3.63) is 57.5 Å². The number of ether oxygens (including phenoxy) is 1. The predicted molar refractivity (Wildman–Crippen MR) is 89.3 cm³/mol. The zero-order valence-electron chi connectivity index (χ0n) is 11.5. The lowest BCUT2D eigenvalue weighted by Crippen LogP contribution is -2.12. The van der Waals surface area contributed by atoms with E-state index in [2.05, 4.69) is 28.2 Å². The molecule has 0 bridgehead atoms. The molecule has 0 saturated heterocycles. The molecular weight excluding hydrogens is 354 g/mol. The molecule has 3 nitrogen and oxygen atoms in total. The Morgan fingerprint density at radius 3 is 2.62 bits per heavy atom. The Morgan fingerprint density at radius 1 is 1.24 bits per heavy atom. The lowest BCUT2D eigenvalue weighted by Gasteiger charge is -2.09. The summed E-state index contributed by atoms with van der Waals surface area (Å²) in [7, 11) is 0. The van der Waals surface area contributed by atoms with Crippen molar-refractivity contribution in [3.63, 3.8) is 0 Å². The van der Waals surface area contributed by atoms with E-state index in [1.165, 1.54) is 0 Å². The maximum Gasteiger partial charge on any atom is 0.256 e. The number of hydrogen-bond donors (Lipinski definition) is 1. The van der Waals surface area contributed by atoms with Crippen LogP contribution in [0, 0.1) is 0 Å². The van der Waals surface area contributed by atoms with Crippen molar-refractivity contribution in [3.8, 4) is 5.75 Å². The fourth-order valence-corrected chi connectivity index (χ4v) is 2.32. The first-order valence-electron chi connectivity index (χ1n) is 6.59. The third kappa shape index (κ3) is 4.48. The molecule has 0 aromatic heterocycles. The Bertz CT molecular complexity index is 629. The average molecular weight is 369 g/mol. The predicted octanol–water partition coefficient (Wildman–Crippen LogP) is 5.14. The number of carbonyl (C=O) groups excluding carboxylic acids is 1. The molecule has 1 amide bonds. The highest BCUT2D eigenvalue weighted by molar-refractivity contribution is 9.10. The molecule has 2 rings (SSSR count). The number of benzene rings is 2. The summed E-state index contributed by atoms with van der Waals surface area (Å²) >= 11 is 9.26. The largest absolute Gasteiger partial charge is 0.494 e. The number of anilines is 1. The van der Waals surface area contributed by atoms with Crippen LogP contribution in [0.2, 0.25) is 5.02 Å². The van der Waals surface area contributed by atoms with Gasteiger partial charge < -0.3 is 10.1 Å². The van der Waals surface area contributed by atoms with Crippen LogP contribution in [0.4, 0.5) is 5.69 Å².